The predicted octanol–water partition coefficient (Wildman–Crippen LogP) is 0.296. The summed E-state index contributed by atoms with van der Waals surface area (Å²) in [6.45, 7) is 3.54. The number of nitrogens with zero attached hydrogens (tertiary/aromatic N) is 2. The lowest BCUT2D eigenvalue weighted by atomic mass is 9.89. The van der Waals surface area contributed by atoms with Crippen molar-refractivity contribution in [3.05, 3.63) is 18.2 Å². The van der Waals surface area contributed by atoms with Gasteiger partial charge in [-0.25, -0.2) is 4.98 Å². The molecule has 2 atom stereocenters. The Morgan fingerprint density at radius 1 is 1.68 bits per heavy atom. The van der Waals surface area contributed by atoms with Crippen LogP contribution >= 0.6 is 0 Å². The molecule has 1 spiro atoms. The van der Waals surface area contributed by atoms with Gasteiger partial charge in [-0.3, -0.25) is 9.69 Å². The number of carbonyl (C=O) groups is 1. The van der Waals surface area contributed by atoms with E-state index in [1.165, 1.54) is 0 Å². The molecule has 1 aromatic rings. The third kappa shape index (κ3) is 3.66. The number of piperidine rings is 1. The molecule has 0 aromatic carbocycles. The van der Waals surface area contributed by atoms with Crippen LogP contribution in [0.2, 0.25) is 0 Å². The number of hydrogen-bond donors (Lipinski definition) is 2. The highest BCUT2D eigenvalue weighted by Crippen LogP contribution is 2.36. The standard InChI is InChI=1S/C15H24N4O3/c1-16-14(20)9-21-13-5-15(22-8-13)3-2-4-19(10-15)7-12-6-17-11-18-12/h6,11,13H,2-5,7-10H2,1H3,(H,16,20)(H,17,18)/t13-,15+/m1/s1. The summed E-state index contributed by atoms with van der Waals surface area (Å²) in [5.74, 6) is -0.0922. The number of carbonyl (C=O) groups excluding carboxylic acids is 1. The zero-order chi connectivity index (χ0) is 15.4. The fourth-order valence-electron chi connectivity index (χ4n) is 3.40. The van der Waals surface area contributed by atoms with Crippen LogP contribution in [0.25, 0.3) is 0 Å². The topological polar surface area (TPSA) is 79.5 Å². The van der Waals surface area contributed by atoms with Crippen LogP contribution in [-0.4, -0.2) is 65.8 Å². The molecule has 2 saturated heterocycles. The number of likely N-dealkylation sites (tertiary alicyclic amines) is 1. The lowest BCUT2D eigenvalue weighted by Crippen LogP contribution is -2.47. The second kappa shape index (κ2) is 6.76. The Balaban J connectivity index is 1.51. The SMILES string of the molecule is CNC(=O)CO[C@H]1CO[C@@]2(CCCN(Cc3cnc[nH]3)C2)C1. The Morgan fingerprint density at radius 2 is 2.59 bits per heavy atom. The first-order valence-corrected chi connectivity index (χ1v) is 7.85. The number of hydrogen-bond acceptors (Lipinski definition) is 5. The average Bonchev–Trinajstić information content (AvgIpc) is 3.15. The third-order valence-corrected chi connectivity index (χ3v) is 4.47. The summed E-state index contributed by atoms with van der Waals surface area (Å²) in [6, 6.07) is 0. The van der Waals surface area contributed by atoms with Gasteiger partial charge in [0.2, 0.25) is 5.91 Å². The molecule has 0 unspecified atom stereocenters. The summed E-state index contributed by atoms with van der Waals surface area (Å²) in [5, 5.41) is 2.57. The minimum Gasteiger partial charge on any atom is -0.371 e. The van der Waals surface area contributed by atoms with Crippen LogP contribution < -0.4 is 5.32 Å². The number of H-pyrrole nitrogens is 1. The fraction of sp³-hybridized carbons (Fsp3) is 0.733. The van der Waals surface area contributed by atoms with E-state index < -0.39 is 0 Å². The number of rotatable bonds is 5. The van der Waals surface area contributed by atoms with E-state index in [9.17, 15) is 4.79 Å². The zero-order valence-corrected chi connectivity index (χ0v) is 13.0. The lowest BCUT2D eigenvalue weighted by molar-refractivity contribution is -0.127. The molecule has 0 aliphatic carbocycles. The molecule has 122 valence electrons. The molecule has 2 N–H and O–H groups in total. The van der Waals surface area contributed by atoms with Crippen LogP contribution in [0.5, 0.6) is 0 Å². The maximum Gasteiger partial charge on any atom is 0.245 e. The van der Waals surface area contributed by atoms with Gasteiger partial charge in [-0.05, 0) is 19.4 Å². The Labute approximate surface area is 130 Å². The van der Waals surface area contributed by atoms with Crippen molar-refractivity contribution in [2.24, 2.45) is 0 Å². The number of nitrogens with one attached hydrogen (secondary N) is 2. The highest BCUT2D eigenvalue weighted by Gasteiger charge is 2.43. The molecule has 1 amide bonds. The van der Waals surface area contributed by atoms with Crippen LogP contribution in [-0.2, 0) is 20.8 Å². The van der Waals surface area contributed by atoms with Gasteiger partial charge in [-0.15, -0.1) is 0 Å². The summed E-state index contributed by atoms with van der Waals surface area (Å²) in [4.78, 5) is 20.9. The monoisotopic (exact) mass is 308 g/mol. The van der Waals surface area contributed by atoms with E-state index in [-0.39, 0.29) is 24.2 Å². The molecule has 7 heteroatoms. The summed E-state index contributed by atoms with van der Waals surface area (Å²) < 4.78 is 11.7. The second-order valence-corrected chi connectivity index (χ2v) is 6.20. The molecule has 1 aromatic heterocycles. The number of ether oxygens (including phenoxy) is 2. The average molecular weight is 308 g/mol. The van der Waals surface area contributed by atoms with E-state index in [1.54, 1.807) is 13.4 Å². The van der Waals surface area contributed by atoms with Gasteiger partial charge in [-0.2, -0.15) is 0 Å². The van der Waals surface area contributed by atoms with Crippen molar-refractivity contribution in [1.82, 2.24) is 20.2 Å². The first-order chi connectivity index (χ1) is 10.7. The third-order valence-electron chi connectivity index (χ3n) is 4.47. The Hall–Kier alpha value is -1.44. The molecule has 0 radical (unpaired) electrons. The molecule has 22 heavy (non-hydrogen) atoms. The summed E-state index contributed by atoms with van der Waals surface area (Å²) >= 11 is 0. The summed E-state index contributed by atoms with van der Waals surface area (Å²) in [6.07, 6.45) is 6.64. The van der Waals surface area contributed by atoms with E-state index in [4.69, 9.17) is 9.47 Å². The number of amides is 1. The summed E-state index contributed by atoms with van der Waals surface area (Å²) in [5.41, 5.74) is 1.01. The molecule has 7 nitrogen and oxygen atoms in total. The highest BCUT2D eigenvalue weighted by molar-refractivity contribution is 5.76. The van der Waals surface area contributed by atoms with Crippen molar-refractivity contribution in [2.45, 2.75) is 37.5 Å². The van der Waals surface area contributed by atoms with Crippen molar-refractivity contribution in [2.75, 3.05) is 33.4 Å². The molecule has 2 fully saturated rings. The first kappa shape index (κ1) is 15.5. The van der Waals surface area contributed by atoms with Crippen molar-refractivity contribution in [3.63, 3.8) is 0 Å². The van der Waals surface area contributed by atoms with Gasteiger partial charge in [0.1, 0.15) is 6.61 Å². The van der Waals surface area contributed by atoms with Gasteiger partial charge in [0.15, 0.2) is 0 Å². The molecule has 0 bridgehead atoms. The Morgan fingerprint density at radius 3 is 3.36 bits per heavy atom. The van der Waals surface area contributed by atoms with E-state index in [0.29, 0.717) is 6.61 Å². The lowest BCUT2D eigenvalue weighted by Gasteiger charge is -2.39. The van der Waals surface area contributed by atoms with Crippen molar-refractivity contribution >= 4 is 5.91 Å². The summed E-state index contributed by atoms with van der Waals surface area (Å²) in [7, 11) is 1.62. The minimum absolute atomic E-state index is 0.0180. The van der Waals surface area contributed by atoms with E-state index >= 15 is 0 Å². The van der Waals surface area contributed by atoms with Crippen molar-refractivity contribution in [1.29, 1.82) is 0 Å². The van der Waals surface area contributed by atoms with Gasteiger partial charge < -0.3 is 19.8 Å². The van der Waals surface area contributed by atoms with Crippen molar-refractivity contribution < 1.29 is 14.3 Å². The largest absolute Gasteiger partial charge is 0.371 e. The van der Waals surface area contributed by atoms with E-state index in [2.05, 4.69) is 20.2 Å². The Bertz CT molecular complexity index is 493. The van der Waals surface area contributed by atoms with Crippen LogP contribution in [0.3, 0.4) is 0 Å². The molecule has 3 heterocycles. The number of likely N-dealkylation sites (N-methyl/N-ethyl adjacent to an activating group) is 1. The van der Waals surface area contributed by atoms with E-state index in [1.807, 2.05) is 6.20 Å². The zero-order valence-electron chi connectivity index (χ0n) is 13.0. The minimum atomic E-state index is -0.119. The van der Waals surface area contributed by atoms with Gasteiger partial charge in [0.05, 0.1) is 24.6 Å². The van der Waals surface area contributed by atoms with Gasteiger partial charge >= 0.3 is 0 Å². The number of aromatic nitrogens is 2. The smallest absolute Gasteiger partial charge is 0.245 e. The molecular weight excluding hydrogens is 284 g/mol. The number of imidazole rings is 1. The second-order valence-electron chi connectivity index (χ2n) is 6.20. The number of aromatic amines is 1. The van der Waals surface area contributed by atoms with Crippen LogP contribution in [0.15, 0.2) is 12.5 Å². The molecule has 0 saturated carbocycles. The normalized spacial score (nSPS) is 29.0. The van der Waals surface area contributed by atoms with Gasteiger partial charge in [0.25, 0.3) is 0 Å². The molecule has 3 rings (SSSR count). The Kier molecular flexibility index (Phi) is 4.75. The molecule has 2 aliphatic heterocycles. The van der Waals surface area contributed by atoms with Gasteiger partial charge in [-0.1, -0.05) is 0 Å². The van der Waals surface area contributed by atoms with E-state index in [0.717, 1.165) is 44.6 Å². The van der Waals surface area contributed by atoms with Crippen molar-refractivity contribution in [3.8, 4) is 0 Å². The maximum atomic E-state index is 11.3. The predicted molar refractivity (Wildman–Crippen MR) is 80.2 cm³/mol. The highest BCUT2D eigenvalue weighted by atomic mass is 16.6. The molecular formula is C15H24N4O3. The van der Waals surface area contributed by atoms with Gasteiger partial charge in [0, 0.05) is 38.4 Å². The van der Waals surface area contributed by atoms with Crippen LogP contribution in [0.4, 0.5) is 0 Å². The molecule has 2 aliphatic rings. The van der Waals surface area contributed by atoms with Crippen LogP contribution in [0.1, 0.15) is 25.0 Å². The fourth-order valence-corrected chi connectivity index (χ4v) is 3.40. The van der Waals surface area contributed by atoms with Crippen LogP contribution in [0, 0.1) is 0 Å². The maximum absolute atomic E-state index is 11.3. The first-order valence-electron chi connectivity index (χ1n) is 7.85. The quantitative estimate of drug-likeness (QED) is 0.818.